The van der Waals surface area contributed by atoms with Gasteiger partial charge in [-0.1, -0.05) is 52.3 Å². The summed E-state index contributed by atoms with van der Waals surface area (Å²) in [6, 6.07) is 0. The SMILES string of the molecule is C.CC(C)(C)[Si](C)(C)O[C@@H]1[C@H]2OCP(O)(=S)O[C@H]3[C@@H](Cl)[C@H](n4cnc5c(N)ncnc54)O[C@@H]3COP(=O)(S)O[C@H]1[C@H](n1cnc3c(N)ncnc31)O2.Nc1ncnc2c1ncn2[C@@H]1O[C@@H]2COP(O)(=S)O[C@@H]3[C@H](O)[C@@H](OCP([O-])(=S)O[C@H]2[C@H]1Cl)O[C@H]3n1cnc2c(N)ncnc21. The minimum atomic E-state index is -4.29. The Labute approximate surface area is 575 Å². The molecule has 6 saturated heterocycles. The highest BCUT2D eigenvalue weighted by Crippen LogP contribution is 2.60. The number of nitrogen functional groups attached to an aromatic ring is 4. The Morgan fingerprint density at radius 3 is 1.46 bits per heavy atom. The van der Waals surface area contributed by atoms with Gasteiger partial charge in [0.15, 0.2) is 91.7 Å². The molecule has 96 heavy (non-hydrogen) atoms. The van der Waals surface area contributed by atoms with Crippen LogP contribution in [0.3, 0.4) is 0 Å². The maximum atomic E-state index is 14.2. The Kier molecular flexibility index (Phi) is 20.3. The van der Waals surface area contributed by atoms with Crippen LogP contribution in [0, 0.1) is 0 Å². The second-order valence-electron chi connectivity index (χ2n) is 23.6. The number of aliphatic hydroxyl groups excluding tert-OH is 1. The second-order valence-corrected chi connectivity index (χ2v) is 41.9. The number of ether oxygens (including phenoxy) is 6. The molecule has 49 heteroatoms. The van der Waals surface area contributed by atoms with E-state index in [0.717, 1.165) is 0 Å². The first-order valence-electron chi connectivity index (χ1n) is 28.3. The van der Waals surface area contributed by atoms with Crippen LogP contribution in [-0.2, 0) is 100.0 Å². The van der Waals surface area contributed by atoms with E-state index in [0.29, 0.717) is 33.5 Å². The van der Waals surface area contributed by atoms with Gasteiger partial charge in [0.1, 0.15) is 113 Å². The van der Waals surface area contributed by atoms with Crippen LogP contribution in [0.15, 0.2) is 50.6 Å². The Balaban J connectivity index is 0.000000183. The van der Waals surface area contributed by atoms with E-state index in [9.17, 15) is 24.4 Å². The van der Waals surface area contributed by atoms with Gasteiger partial charge in [0, 0.05) is 6.49 Å². The van der Waals surface area contributed by atoms with Crippen molar-refractivity contribution in [1.29, 1.82) is 0 Å². The van der Waals surface area contributed by atoms with E-state index in [1.54, 1.807) is 9.13 Å². The first-order valence-corrected chi connectivity index (χ1v) is 43.0. The van der Waals surface area contributed by atoms with Gasteiger partial charge >= 0.3 is 13.5 Å². The number of hydrogen-bond acceptors (Lipinski definition) is 35. The molecule has 20 atom stereocenters. The van der Waals surface area contributed by atoms with Gasteiger partial charge in [-0.3, -0.25) is 31.8 Å². The zero-order chi connectivity index (χ0) is 67.6. The van der Waals surface area contributed by atoms with Gasteiger partial charge in [-0.2, -0.15) is 0 Å². The second kappa shape index (κ2) is 27.1. The minimum Gasteiger partial charge on any atom is -0.799 e. The number of nitrogens with two attached hydrogens (primary N) is 4. The Morgan fingerprint density at radius 2 is 1.00 bits per heavy atom. The first-order chi connectivity index (χ1) is 44.8. The van der Waals surface area contributed by atoms with E-state index in [1.165, 1.54) is 59.8 Å². The van der Waals surface area contributed by atoms with Crippen LogP contribution in [0.2, 0.25) is 18.1 Å². The minimum absolute atomic E-state index is 0. The molecule has 6 fully saturated rings. The summed E-state index contributed by atoms with van der Waals surface area (Å²) in [5.41, 5.74) is 26.3. The summed E-state index contributed by atoms with van der Waals surface area (Å²) in [6.45, 7) is -6.90. The van der Waals surface area contributed by atoms with Gasteiger partial charge in [-0.25, -0.2) is 64.4 Å². The smallest absolute Gasteiger partial charge is 0.386 e. The van der Waals surface area contributed by atoms with Crippen LogP contribution in [0.5, 0.6) is 0 Å². The maximum Gasteiger partial charge on any atom is 0.386 e. The lowest BCUT2D eigenvalue weighted by Gasteiger charge is -2.40. The summed E-state index contributed by atoms with van der Waals surface area (Å²) < 4.78 is 99.1. The van der Waals surface area contributed by atoms with Crippen LogP contribution in [0.4, 0.5) is 23.3 Å². The Bertz CT molecular complexity index is 4440. The van der Waals surface area contributed by atoms with Crippen LogP contribution < -0.4 is 27.8 Å². The number of imidazole rings is 4. The third kappa shape index (κ3) is 14.0. The molecule has 14 rings (SSSR count). The predicted molar refractivity (Wildman–Crippen MR) is 356 cm³/mol. The van der Waals surface area contributed by atoms with Gasteiger partial charge < -0.3 is 89.1 Å². The van der Waals surface area contributed by atoms with E-state index < -0.39 is 158 Å². The molecule has 522 valence electrons. The number of alkyl halides is 2. The van der Waals surface area contributed by atoms with Crippen LogP contribution in [0.25, 0.3) is 44.7 Å². The van der Waals surface area contributed by atoms with Gasteiger partial charge in [0.05, 0.1) is 44.9 Å². The lowest BCUT2D eigenvalue weighted by molar-refractivity contribution is -0.209. The Morgan fingerprint density at radius 1 is 0.594 bits per heavy atom. The van der Waals surface area contributed by atoms with Crippen LogP contribution in [0.1, 0.15) is 53.1 Å². The number of rotatable bonds is 6. The van der Waals surface area contributed by atoms with Crippen molar-refractivity contribution in [3.05, 3.63) is 50.6 Å². The lowest BCUT2D eigenvalue weighted by Crippen LogP contribution is -2.50. The number of aliphatic hydroxyl groups is 1. The molecule has 11 N–H and O–H groups in total. The predicted octanol–water partition coefficient (Wildman–Crippen LogP) is 3.54. The molecule has 0 saturated carbocycles. The van der Waals surface area contributed by atoms with Crippen molar-refractivity contribution in [2.75, 3.05) is 48.8 Å². The first kappa shape index (κ1) is 71.9. The lowest BCUT2D eigenvalue weighted by atomic mass is 10.2. The average Bonchev–Trinajstić information content (AvgIpc) is 1.61. The van der Waals surface area contributed by atoms with Crippen molar-refractivity contribution in [3.8, 4) is 0 Å². The van der Waals surface area contributed by atoms with Gasteiger partial charge in [-0.15, -0.1) is 23.2 Å². The van der Waals surface area contributed by atoms with Crippen LogP contribution in [-0.4, -0.2) is 199 Å². The molecule has 8 aromatic rings. The van der Waals surface area contributed by atoms with E-state index >= 15 is 0 Å². The molecule has 4 unspecified atom stereocenters. The van der Waals surface area contributed by atoms with E-state index in [4.69, 9.17) is 142 Å². The maximum absolute atomic E-state index is 14.2. The normalized spacial score (nSPS) is 36.3. The summed E-state index contributed by atoms with van der Waals surface area (Å²) >= 11 is 34.3. The Hall–Kier alpha value is -3.95. The number of nitrogens with zero attached hydrogens (tertiary/aromatic N) is 16. The third-order valence-electron chi connectivity index (χ3n) is 16.4. The van der Waals surface area contributed by atoms with Crippen molar-refractivity contribution in [2.24, 2.45) is 0 Å². The van der Waals surface area contributed by atoms with E-state index in [-0.39, 0.29) is 46.9 Å². The quantitative estimate of drug-likeness (QED) is 0.0510. The molecule has 0 aromatic carbocycles. The molecule has 0 aliphatic carbocycles. The molecular formula is C47H63Cl2N20O18P4S4Si-. The number of fused-ring (bicyclic) bond motifs is 10. The summed E-state index contributed by atoms with van der Waals surface area (Å²) in [7, 11) is -2.62. The highest BCUT2D eigenvalue weighted by molar-refractivity contribution is 8.44. The molecule has 0 spiro atoms. The average molecular weight is 1550 g/mol. The number of thiol groups is 1. The summed E-state index contributed by atoms with van der Waals surface area (Å²) in [5.74, 6) is 0.538. The monoisotopic (exact) mass is 1550 g/mol. The molecular weight excluding hydrogens is 1480 g/mol. The van der Waals surface area contributed by atoms with Crippen molar-refractivity contribution < 1.29 is 84.3 Å². The molecule has 14 heterocycles. The summed E-state index contributed by atoms with van der Waals surface area (Å²) in [4.78, 5) is 86.0. The van der Waals surface area contributed by atoms with E-state index in [1.807, 2.05) is 13.1 Å². The number of hydrogen-bond donors (Lipinski definition) is 8. The highest BCUT2D eigenvalue weighted by atomic mass is 35.5. The van der Waals surface area contributed by atoms with Gasteiger partial charge in [-0.05, 0) is 41.7 Å². The van der Waals surface area contributed by atoms with Crippen LogP contribution >= 0.6 is 62.0 Å². The molecule has 6 aliphatic rings. The third-order valence-corrected chi connectivity index (χ3v) is 28.2. The van der Waals surface area contributed by atoms with Crippen molar-refractivity contribution in [1.82, 2.24) is 78.1 Å². The number of anilines is 4. The number of halogens is 2. The standard InChI is InChI=1S/C26H37ClN10O9P2S2Si.C20H23ClN10O9P2S2.CH4/c1-26(2,3)51(4,5)46-18-17-24(37-10-35-15-20(29)31-8-33-22(15)37)43-25(18)40-11-47(38,49)44-16-12(6-41-48(39,50)45-17)42-23(13(16)27)36-9-34-14-19(28)30-7-32-21(14)36;21-8-12-7(37-18(8)30-4-28-9-14(22)24-2-26-16(9)30)1-36-42(34,44)40-13-11(32)20(35-6-41(33,43)39-12)38-19(13)31-5-29-10-15(23)25-3-27-17(10)31;/h7-10,12-13,16-18,23-25H,6,11H2,1-5H3,(H,38,49)(H,39,50)(H2,28,30,32)(H2,29,31,33);2-5,7-8,11-13,18-20,32H,1,6H2,(H,33,43)(H,34,44)(H2,22,24,26)(H2,23,25,27);1H4/p-1/t12-,13-,16-,17-,18+,23-,24-,25+,47?,48?;7-,8-,11+,12-,13-,18-,19-,20+,41?,42?;/m11./s1. The van der Waals surface area contributed by atoms with Crippen molar-refractivity contribution in [2.45, 2.75) is 143 Å². The van der Waals surface area contributed by atoms with Crippen molar-refractivity contribution in [3.63, 3.8) is 0 Å². The zero-order valence-electron chi connectivity index (χ0n) is 49.8. The van der Waals surface area contributed by atoms with Gasteiger partial charge in [0.2, 0.25) is 6.49 Å². The summed E-state index contributed by atoms with van der Waals surface area (Å²) in [6.07, 6.45) is -6.99. The fourth-order valence-corrected chi connectivity index (χ4v) is 19.0. The largest absolute Gasteiger partial charge is 0.799 e. The molecule has 38 nitrogen and oxygen atoms in total. The molecule has 0 amide bonds. The zero-order valence-corrected chi connectivity index (χ0v) is 59.3. The number of aromatic nitrogens is 16. The summed E-state index contributed by atoms with van der Waals surface area (Å²) in [5, 5.41) is 8.83. The highest BCUT2D eigenvalue weighted by Gasteiger charge is 2.57. The van der Waals surface area contributed by atoms with E-state index in [2.05, 4.69) is 92.8 Å². The topological polar surface area (TPSA) is 499 Å². The fraction of sp³-hybridized carbons (Fsp3) is 0.574. The molecule has 0 radical (unpaired) electrons. The molecule has 8 aromatic heterocycles. The van der Waals surface area contributed by atoms with Crippen molar-refractivity contribution >= 4 is 174 Å². The molecule has 6 aliphatic heterocycles. The fourth-order valence-electron chi connectivity index (χ4n) is 10.9. The van der Waals surface area contributed by atoms with Gasteiger partial charge in [0.25, 0.3) is 0 Å². The molecule has 4 bridgehead atoms.